The molecular formula is C98H144N18O23. The number of Topliss-reactive ketones (excluding diaryl/α,β-unsaturated/α-hetero) is 5. The van der Waals surface area contributed by atoms with Crippen molar-refractivity contribution >= 4 is 128 Å². The molecule has 0 radical (unpaired) electrons. The van der Waals surface area contributed by atoms with Crippen molar-refractivity contribution in [3.8, 4) is 5.75 Å². The molecule has 0 bridgehead atoms. The van der Waals surface area contributed by atoms with Gasteiger partial charge in [-0.05, 0) is 180 Å². The van der Waals surface area contributed by atoms with Crippen LogP contribution in [0.4, 0.5) is 0 Å². The quantitative estimate of drug-likeness (QED) is 0.0170. The second kappa shape index (κ2) is 55.5. The van der Waals surface area contributed by atoms with Crippen LogP contribution < -0.4 is 91.4 Å². The van der Waals surface area contributed by atoms with E-state index < -0.39 is 257 Å². The number of hydrazine groups is 1. The lowest BCUT2D eigenvalue weighted by molar-refractivity contribution is -0.140. The molecule has 3 aromatic carbocycles. The number of rotatable bonds is 40. The van der Waals surface area contributed by atoms with E-state index in [-0.39, 0.29) is 81.9 Å². The number of primary amides is 2. The molecule has 0 saturated carbocycles. The molecule has 41 heteroatoms. The van der Waals surface area contributed by atoms with Crippen LogP contribution in [0, 0.1) is 23.7 Å². The van der Waals surface area contributed by atoms with E-state index in [9.17, 15) is 82.4 Å². The van der Waals surface area contributed by atoms with Gasteiger partial charge in [-0.15, -0.1) is 0 Å². The average Bonchev–Trinajstić information content (AvgIpc) is 1.63. The number of nitrogens with two attached hydrogens (primary N) is 2. The maximum Gasteiger partial charge on any atom is 0.303 e. The van der Waals surface area contributed by atoms with Gasteiger partial charge >= 0.3 is 5.97 Å². The SMILES string of the molecule is CC(=O)N[C@@H](CC(C)C)C(=O)N[C@H](C(=O)N[C@@H](Cc1ccccc1)C(=O)N[C@]1(C)CCCCCC/C=C/CCC[C@@](C)(C(=O)N[C@@H](C)C(=O)NC(C)C(=O)N[C@@H](C)C(=O)C(=O)[C@H](C)NNC(C)(C)C(=O)C[C@H](C)C(N)=O)NC(=O)[C@H](CC(C)C)CN[C@@H](CCC(N)=O)C(=O)C(=O)[C@H](C)NC(=O)[C@H](Cc2c[nH]c3ccccc23)NC(=O)C(Cc2ccc(O)cc2)NC(=O)[C@H](CCC(=O)O)NC1=O)[C@@H](C)O. The van der Waals surface area contributed by atoms with Crippen molar-refractivity contribution in [2.24, 2.45) is 35.1 Å². The average molecular weight is 1940 g/mol. The van der Waals surface area contributed by atoms with Gasteiger partial charge in [0.25, 0.3) is 0 Å². The first-order chi connectivity index (χ1) is 65.1. The van der Waals surface area contributed by atoms with Crippen molar-refractivity contribution in [1.82, 2.24) is 85.0 Å². The molecule has 2 unspecified atom stereocenters. The number of aromatic nitrogens is 1. The standard InChI is InChI=1S/C98H144N18O23/c1-53(2)45-66-52-102-70(39-41-77(99)121)83(127)81(125)57(7)104-89(133)75(50-65-51-101-69-34-28-27-33-68(65)69)109-90(134)73(49-64-35-37-67(119)38-36-64)108-88(132)71(40-42-78(122)123)111-95(139)98(16,114-92(136)74(48-63-31-25-24-26-32-63)110-93(137)79(61(11)117)112-91(135)72(46-54(3)4)107-62(12)118)44-30-23-21-19-17-18-20-22-29-43-97(15,113-87(66)131)94(138)106-60(10)86(130)105-59(9)85(129)103-56(6)80(124)82(126)58(8)115-116-96(13,14)76(120)47-55(5)84(100)128/h18,20,24-28,31-38,51,53-61,66,70-75,79,101-102,115-117,119H,17,19,21-23,29-30,39-50,52H2,1-16H3,(H2,99,121)(H2,100,128)(H,103,129)(H,104,133)(H,105,130)(H,106,138)(H,107,118)(H,108,132)(H,109,134)(H,110,137)(H,111,139)(H,112,135)(H,113,131)(H,114,136)(H,122,123)/b20-18+/t55-,56-,57-,58-,59?,60-,61+,66+,70-,71-,72-,73?,74-,75-,79-,97-,98+/m0/s1. The van der Waals surface area contributed by atoms with Crippen molar-refractivity contribution in [3.05, 3.63) is 114 Å². The Hall–Kier alpha value is -13.0. The molecule has 5 rings (SSSR count). The number of aliphatic carboxylic acids is 1. The highest BCUT2D eigenvalue weighted by Crippen LogP contribution is 2.26. The molecule has 0 saturated heterocycles. The van der Waals surface area contributed by atoms with E-state index in [1.807, 2.05) is 12.2 Å². The topological polar surface area (TPSA) is 650 Å². The van der Waals surface area contributed by atoms with Gasteiger partial charge in [0.05, 0.1) is 41.7 Å². The summed E-state index contributed by atoms with van der Waals surface area (Å²) in [6, 6.07) is 2.11. The largest absolute Gasteiger partial charge is 0.508 e. The molecule has 1 aliphatic heterocycles. The predicted molar refractivity (Wildman–Crippen MR) is 514 cm³/mol. The lowest BCUT2D eigenvalue weighted by Crippen LogP contribution is -2.65. The molecule has 23 N–H and O–H groups in total. The summed E-state index contributed by atoms with van der Waals surface area (Å²) in [4.78, 5) is 284. The minimum Gasteiger partial charge on any atom is -0.508 e. The van der Waals surface area contributed by atoms with Gasteiger partial charge in [-0.1, -0.05) is 127 Å². The van der Waals surface area contributed by atoms with Crippen LogP contribution in [-0.2, 0) is 115 Å². The van der Waals surface area contributed by atoms with Crippen molar-refractivity contribution in [1.29, 1.82) is 0 Å². The molecule has 41 nitrogen and oxygen atoms in total. The number of aromatic hydroxyl groups is 1. The van der Waals surface area contributed by atoms with Crippen molar-refractivity contribution in [2.75, 3.05) is 6.54 Å². The molecule has 0 aliphatic carbocycles. The Balaban J connectivity index is 1.59. The van der Waals surface area contributed by atoms with Crippen LogP contribution in [-0.4, -0.2) is 240 Å². The van der Waals surface area contributed by atoms with Crippen LogP contribution in [0.1, 0.15) is 230 Å². The summed E-state index contributed by atoms with van der Waals surface area (Å²) in [6.07, 6.45) is 2.64. The summed E-state index contributed by atoms with van der Waals surface area (Å²) in [5.74, 6) is -21.6. The summed E-state index contributed by atoms with van der Waals surface area (Å²) in [5, 5.41) is 66.8. The highest BCUT2D eigenvalue weighted by atomic mass is 16.4. The molecule has 2 heterocycles. The van der Waals surface area contributed by atoms with Gasteiger partial charge in [0.2, 0.25) is 106 Å². The minimum absolute atomic E-state index is 0.0813. The highest BCUT2D eigenvalue weighted by Gasteiger charge is 2.44. The van der Waals surface area contributed by atoms with Gasteiger partial charge in [-0.25, -0.2) is 10.9 Å². The summed E-state index contributed by atoms with van der Waals surface area (Å²) in [7, 11) is 0. The number of allylic oxidation sites excluding steroid dienone is 2. The van der Waals surface area contributed by atoms with Gasteiger partial charge in [-0.3, -0.25) is 95.9 Å². The second-order valence-corrected chi connectivity index (χ2v) is 38.0. The van der Waals surface area contributed by atoms with Crippen molar-refractivity contribution in [3.63, 3.8) is 0 Å². The van der Waals surface area contributed by atoms with Crippen LogP contribution in [0.2, 0.25) is 0 Å². The summed E-state index contributed by atoms with van der Waals surface area (Å²) >= 11 is 0. The molecule has 17 atom stereocenters. The Morgan fingerprint density at radius 3 is 1.73 bits per heavy atom. The third kappa shape index (κ3) is 38.4. The number of carbonyl (C=O) groups excluding carboxylic acids is 19. The number of fused-ring (bicyclic) bond motifs is 1. The van der Waals surface area contributed by atoms with Crippen LogP contribution in [0.25, 0.3) is 10.9 Å². The number of aromatic amines is 1. The molecule has 0 spiro atoms. The van der Waals surface area contributed by atoms with E-state index in [0.29, 0.717) is 59.7 Å². The molecular weight excluding hydrogens is 1800 g/mol. The van der Waals surface area contributed by atoms with Crippen LogP contribution in [0.15, 0.2) is 97.2 Å². The highest BCUT2D eigenvalue weighted by molar-refractivity contribution is 6.41. The number of aliphatic hydroxyl groups is 1. The third-order valence-electron chi connectivity index (χ3n) is 24.1. The smallest absolute Gasteiger partial charge is 0.303 e. The molecule has 4 aromatic rings. The number of para-hydroxylation sites is 1. The molecule has 1 aromatic heterocycles. The zero-order valence-corrected chi connectivity index (χ0v) is 82.4. The molecule has 764 valence electrons. The number of amides is 14. The normalized spacial score (nSPS) is 21.9. The van der Waals surface area contributed by atoms with Crippen LogP contribution >= 0.6 is 0 Å². The maximum atomic E-state index is 15.6. The number of phenols is 1. The number of carboxylic acids is 1. The Morgan fingerprint density at radius 1 is 0.554 bits per heavy atom. The molecule has 0 fully saturated rings. The summed E-state index contributed by atoms with van der Waals surface area (Å²) in [5.41, 5.74) is 12.9. The number of ketones is 5. The first-order valence-corrected chi connectivity index (χ1v) is 47.3. The fraction of sp³-hybridized carbons (Fsp3) is 0.571. The minimum atomic E-state index is -2.08. The number of carboxylic acid groups (broad SMARTS) is 1. The molecule has 14 amide bonds. The van der Waals surface area contributed by atoms with Gasteiger partial charge in [0, 0.05) is 75.0 Å². The number of nitrogens with one attached hydrogen (secondary N) is 16. The number of hydrogen-bond donors (Lipinski definition) is 21. The number of carbonyl (C=O) groups is 20. The zero-order chi connectivity index (χ0) is 104. The number of H-pyrrole nitrogens is 1. The van der Waals surface area contributed by atoms with Crippen molar-refractivity contribution < 1.29 is 111 Å². The van der Waals surface area contributed by atoms with E-state index in [2.05, 4.69) is 85.0 Å². The number of hydrogen-bond acceptors (Lipinski definition) is 25. The maximum absolute atomic E-state index is 15.6. The van der Waals surface area contributed by atoms with E-state index in [4.69, 9.17) is 11.5 Å². The van der Waals surface area contributed by atoms with E-state index in [1.165, 1.54) is 107 Å². The van der Waals surface area contributed by atoms with Gasteiger partial charge in [0.1, 0.15) is 65.2 Å². The summed E-state index contributed by atoms with van der Waals surface area (Å²) < 4.78 is 0. The second-order valence-electron chi connectivity index (χ2n) is 38.0. The number of benzene rings is 3. The third-order valence-corrected chi connectivity index (χ3v) is 24.1. The fourth-order valence-corrected chi connectivity index (χ4v) is 15.5. The Morgan fingerprint density at radius 2 is 1.13 bits per heavy atom. The first kappa shape index (κ1) is 116. The number of phenolic OH excluding ortho intramolecular Hbond substituents is 1. The van der Waals surface area contributed by atoms with E-state index in [1.54, 1.807) is 88.5 Å². The van der Waals surface area contributed by atoms with Crippen molar-refractivity contribution in [2.45, 2.75) is 328 Å². The van der Waals surface area contributed by atoms with Gasteiger partial charge in [0.15, 0.2) is 5.78 Å². The lowest BCUT2D eigenvalue weighted by Gasteiger charge is -2.34. The monoisotopic (exact) mass is 1940 g/mol. The van der Waals surface area contributed by atoms with Gasteiger partial charge < -0.3 is 101 Å². The Kier molecular flexibility index (Phi) is 46.5. The zero-order valence-electron chi connectivity index (χ0n) is 82.4. The Bertz CT molecular complexity index is 5020. The Labute approximate surface area is 810 Å². The molecule has 1 aliphatic rings. The summed E-state index contributed by atoms with van der Waals surface area (Å²) in [6.45, 7) is 22.8. The van der Waals surface area contributed by atoms with E-state index >= 15 is 28.8 Å². The lowest BCUT2D eigenvalue weighted by atomic mass is 9.89. The van der Waals surface area contributed by atoms with E-state index in [0.717, 1.165) is 0 Å². The predicted octanol–water partition coefficient (Wildman–Crippen LogP) is 1.48. The number of aliphatic hydroxyl groups excluding tert-OH is 1. The molecule has 139 heavy (non-hydrogen) atoms. The first-order valence-electron chi connectivity index (χ1n) is 47.3. The van der Waals surface area contributed by atoms with Crippen LogP contribution in [0.5, 0.6) is 5.75 Å². The van der Waals surface area contributed by atoms with Crippen LogP contribution in [0.3, 0.4) is 0 Å². The fourth-order valence-electron chi connectivity index (χ4n) is 15.5. The van der Waals surface area contributed by atoms with Gasteiger partial charge in [-0.2, -0.15) is 0 Å².